The molecule has 1 aromatic carbocycles. The van der Waals surface area contributed by atoms with Crippen LogP contribution in [0.25, 0.3) is 0 Å². The molecule has 0 spiro atoms. The van der Waals surface area contributed by atoms with Gasteiger partial charge in [-0.1, -0.05) is 11.2 Å². The SMILES string of the molecule is CCNC(=NCc1noc(C)n1)NCCc1ccc(OC)c(OC)c1.I. The van der Waals surface area contributed by atoms with E-state index in [0.717, 1.165) is 36.6 Å². The Bertz CT molecular complexity index is 705. The molecule has 0 saturated heterocycles. The van der Waals surface area contributed by atoms with Crippen molar-refractivity contribution in [3.63, 3.8) is 0 Å². The molecule has 0 atom stereocenters. The van der Waals surface area contributed by atoms with Crippen LogP contribution in [0.3, 0.4) is 0 Å². The number of hydrogen-bond acceptors (Lipinski definition) is 6. The highest BCUT2D eigenvalue weighted by Gasteiger charge is 2.06. The molecule has 26 heavy (non-hydrogen) atoms. The summed E-state index contributed by atoms with van der Waals surface area (Å²) in [5.74, 6) is 3.27. The number of aliphatic imine (C=N–C) groups is 1. The summed E-state index contributed by atoms with van der Waals surface area (Å²) in [6.45, 7) is 5.64. The van der Waals surface area contributed by atoms with Crippen LogP contribution in [0.1, 0.15) is 24.2 Å². The van der Waals surface area contributed by atoms with Crippen LogP contribution in [0.2, 0.25) is 0 Å². The molecule has 0 aliphatic rings. The van der Waals surface area contributed by atoms with Crippen molar-refractivity contribution in [2.75, 3.05) is 27.3 Å². The first-order valence-electron chi connectivity index (χ1n) is 8.18. The molecule has 1 aromatic heterocycles. The summed E-state index contributed by atoms with van der Waals surface area (Å²) in [4.78, 5) is 8.59. The fraction of sp³-hybridized carbons (Fsp3) is 0.471. The Hall–Kier alpha value is -2.04. The number of benzene rings is 1. The molecule has 9 heteroatoms. The first kappa shape index (κ1) is 22.0. The minimum atomic E-state index is 0. The van der Waals surface area contributed by atoms with Crippen molar-refractivity contribution in [2.45, 2.75) is 26.8 Å². The van der Waals surface area contributed by atoms with E-state index < -0.39 is 0 Å². The van der Waals surface area contributed by atoms with Gasteiger partial charge in [0.05, 0.1) is 14.2 Å². The van der Waals surface area contributed by atoms with E-state index in [1.54, 1.807) is 21.1 Å². The monoisotopic (exact) mass is 475 g/mol. The molecule has 1 heterocycles. The Kier molecular flexibility index (Phi) is 9.78. The number of ether oxygens (including phenoxy) is 2. The van der Waals surface area contributed by atoms with Crippen LogP contribution in [0.5, 0.6) is 11.5 Å². The Morgan fingerprint density at radius 1 is 1.19 bits per heavy atom. The lowest BCUT2D eigenvalue weighted by molar-refractivity contribution is 0.354. The highest BCUT2D eigenvalue weighted by Crippen LogP contribution is 2.27. The number of hydrogen-bond donors (Lipinski definition) is 2. The molecule has 2 aromatic rings. The van der Waals surface area contributed by atoms with E-state index in [4.69, 9.17) is 14.0 Å². The number of nitrogens with one attached hydrogen (secondary N) is 2. The van der Waals surface area contributed by atoms with Gasteiger partial charge in [0.2, 0.25) is 5.89 Å². The molecule has 0 unspecified atom stereocenters. The average Bonchev–Trinajstić information content (AvgIpc) is 3.04. The maximum absolute atomic E-state index is 5.33. The van der Waals surface area contributed by atoms with Crippen LogP contribution < -0.4 is 20.1 Å². The third-order valence-corrected chi connectivity index (χ3v) is 3.45. The van der Waals surface area contributed by atoms with Gasteiger partial charge in [-0.25, -0.2) is 4.99 Å². The van der Waals surface area contributed by atoms with Crippen LogP contribution in [-0.4, -0.2) is 43.4 Å². The number of aryl methyl sites for hydroxylation is 1. The Labute approximate surface area is 170 Å². The van der Waals surface area contributed by atoms with Gasteiger partial charge in [-0.05, 0) is 31.0 Å². The number of rotatable bonds is 8. The van der Waals surface area contributed by atoms with Crippen molar-refractivity contribution in [2.24, 2.45) is 4.99 Å². The predicted octanol–water partition coefficient (Wildman–Crippen LogP) is 2.31. The summed E-state index contributed by atoms with van der Waals surface area (Å²) in [6, 6.07) is 5.91. The number of halogens is 1. The van der Waals surface area contributed by atoms with Gasteiger partial charge in [0.15, 0.2) is 23.3 Å². The number of aromatic nitrogens is 2. The Balaban J connectivity index is 0.00000338. The Morgan fingerprint density at radius 3 is 2.58 bits per heavy atom. The van der Waals surface area contributed by atoms with E-state index in [1.165, 1.54) is 0 Å². The second-order valence-corrected chi connectivity index (χ2v) is 5.29. The van der Waals surface area contributed by atoms with Crippen molar-refractivity contribution >= 4 is 29.9 Å². The third-order valence-electron chi connectivity index (χ3n) is 3.45. The predicted molar refractivity (Wildman–Crippen MR) is 111 cm³/mol. The van der Waals surface area contributed by atoms with Crippen LogP contribution in [0, 0.1) is 6.92 Å². The van der Waals surface area contributed by atoms with Gasteiger partial charge in [-0.15, -0.1) is 24.0 Å². The largest absolute Gasteiger partial charge is 0.493 e. The molecule has 0 radical (unpaired) electrons. The van der Waals surface area contributed by atoms with Crippen molar-refractivity contribution in [3.8, 4) is 11.5 Å². The van der Waals surface area contributed by atoms with Crippen molar-refractivity contribution in [1.29, 1.82) is 0 Å². The summed E-state index contributed by atoms with van der Waals surface area (Å²) >= 11 is 0. The molecule has 144 valence electrons. The van der Waals surface area contributed by atoms with E-state index >= 15 is 0 Å². The fourth-order valence-electron chi connectivity index (χ4n) is 2.26. The number of methoxy groups -OCH3 is 2. The van der Waals surface area contributed by atoms with Crippen LogP contribution in [0.15, 0.2) is 27.7 Å². The first-order chi connectivity index (χ1) is 12.2. The maximum Gasteiger partial charge on any atom is 0.223 e. The van der Waals surface area contributed by atoms with Gasteiger partial charge in [-0.3, -0.25) is 0 Å². The summed E-state index contributed by atoms with van der Waals surface area (Å²) in [5, 5.41) is 10.3. The molecular weight excluding hydrogens is 449 g/mol. The molecule has 2 N–H and O–H groups in total. The smallest absolute Gasteiger partial charge is 0.223 e. The summed E-state index contributed by atoms with van der Waals surface area (Å²) < 4.78 is 15.5. The average molecular weight is 475 g/mol. The summed E-state index contributed by atoms with van der Waals surface area (Å²) in [7, 11) is 3.26. The lowest BCUT2D eigenvalue weighted by Gasteiger charge is -2.12. The molecular formula is C17H26IN5O3. The van der Waals surface area contributed by atoms with Gasteiger partial charge in [0, 0.05) is 20.0 Å². The second-order valence-electron chi connectivity index (χ2n) is 5.29. The summed E-state index contributed by atoms with van der Waals surface area (Å²) in [5.41, 5.74) is 1.15. The lowest BCUT2D eigenvalue weighted by atomic mass is 10.1. The zero-order chi connectivity index (χ0) is 18.1. The lowest BCUT2D eigenvalue weighted by Crippen LogP contribution is -2.38. The van der Waals surface area contributed by atoms with Gasteiger partial charge >= 0.3 is 0 Å². The van der Waals surface area contributed by atoms with E-state index in [0.29, 0.717) is 24.2 Å². The van der Waals surface area contributed by atoms with Crippen molar-refractivity contribution in [3.05, 3.63) is 35.5 Å². The molecule has 0 amide bonds. The molecule has 8 nitrogen and oxygen atoms in total. The molecule has 0 fully saturated rings. The first-order valence-corrected chi connectivity index (χ1v) is 8.18. The normalized spacial score (nSPS) is 10.8. The highest BCUT2D eigenvalue weighted by molar-refractivity contribution is 14.0. The van der Waals surface area contributed by atoms with Crippen molar-refractivity contribution in [1.82, 2.24) is 20.8 Å². The second kappa shape index (κ2) is 11.6. The van der Waals surface area contributed by atoms with Crippen LogP contribution in [-0.2, 0) is 13.0 Å². The highest BCUT2D eigenvalue weighted by atomic mass is 127. The van der Waals surface area contributed by atoms with Gasteiger partial charge in [-0.2, -0.15) is 4.98 Å². The van der Waals surface area contributed by atoms with Crippen LogP contribution in [0.4, 0.5) is 0 Å². The van der Waals surface area contributed by atoms with Gasteiger partial charge in [0.25, 0.3) is 0 Å². The van der Waals surface area contributed by atoms with E-state index in [9.17, 15) is 0 Å². The maximum atomic E-state index is 5.33. The van der Waals surface area contributed by atoms with Crippen LogP contribution >= 0.6 is 24.0 Å². The third kappa shape index (κ3) is 6.70. The molecule has 0 aliphatic heterocycles. The van der Waals surface area contributed by atoms with Gasteiger partial charge in [0.1, 0.15) is 6.54 Å². The van der Waals surface area contributed by atoms with E-state index in [2.05, 4.69) is 25.8 Å². The van der Waals surface area contributed by atoms with Crippen molar-refractivity contribution < 1.29 is 14.0 Å². The zero-order valence-electron chi connectivity index (χ0n) is 15.5. The number of guanidine groups is 1. The zero-order valence-corrected chi connectivity index (χ0v) is 17.9. The number of nitrogens with zero attached hydrogens (tertiary/aromatic N) is 3. The molecule has 2 rings (SSSR count). The topological polar surface area (TPSA) is 93.8 Å². The van der Waals surface area contributed by atoms with E-state index in [-0.39, 0.29) is 24.0 Å². The minimum absolute atomic E-state index is 0. The molecule has 0 saturated carbocycles. The quantitative estimate of drug-likeness (QED) is 0.344. The van der Waals surface area contributed by atoms with Gasteiger partial charge < -0.3 is 24.6 Å². The standard InChI is InChI=1S/C17H25N5O3.HI/c1-5-18-17(20-11-16-21-12(2)25-22-16)19-9-8-13-6-7-14(23-3)15(10-13)24-4;/h6-7,10H,5,8-9,11H2,1-4H3,(H2,18,19,20);1H. The van der Waals surface area contributed by atoms with E-state index in [1.807, 2.05) is 25.1 Å². The molecule has 0 aliphatic carbocycles. The molecule has 0 bridgehead atoms. The Morgan fingerprint density at radius 2 is 1.96 bits per heavy atom. The fourth-order valence-corrected chi connectivity index (χ4v) is 2.26. The minimum Gasteiger partial charge on any atom is -0.493 e. The summed E-state index contributed by atoms with van der Waals surface area (Å²) in [6.07, 6.45) is 0.825.